The van der Waals surface area contributed by atoms with Crippen LogP contribution in [0.2, 0.25) is 10.2 Å². The first-order valence-corrected chi connectivity index (χ1v) is 6.84. The van der Waals surface area contributed by atoms with Crippen LogP contribution in [0, 0.1) is 13.8 Å². The van der Waals surface area contributed by atoms with Crippen LogP contribution in [-0.4, -0.2) is 10.8 Å². The summed E-state index contributed by atoms with van der Waals surface area (Å²) in [4.78, 5) is 16.0. The SMILES string of the molecule is Cc1ccc(C(=O)C=Cc2ccnc(Cl)c2Cl)cc1C. The molecule has 4 heteroatoms. The number of benzene rings is 1. The highest BCUT2D eigenvalue weighted by Crippen LogP contribution is 2.24. The third-order valence-electron chi connectivity index (χ3n) is 3.08. The van der Waals surface area contributed by atoms with Gasteiger partial charge in [-0.05, 0) is 54.8 Å². The van der Waals surface area contributed by atoms with Crippen molar-refractivity contribution >= 4 is 35.1 Å². The molecule has 0 unspecified atom stereocenters. The van der Waals surface area contributed by atoms with E-state index >= 15 is 0 Å². The summed E-state index contributed by atoms with van der Waals surface area (Å²) in [5.41, 5.74) is 3.58. The fraction of sp³-hybridized carbons (Fsp3) is 0.125. The van der Waals surface area contributed by atoms with Crippen LogP contribution < -0.4 is 0 Å². The third kappa shape index (κ3) is 3.27. The van der Waals surface area contributed by atoms with Crippen LogP contribution >= 0.6 is 23.2 Å². The summed E-state index contributed by atoms with van der Waals surface area (Å²) < 4.78 is 0. The number of carbonyl (C=O) groups excluding carboxylic acids is 1. The van der Waals surface area contributed by atoms with Gasteiger partial charge in [-0.1, -0.05) is 35.3 Å². The molecule has 2 nitrogen and oxygen atoms in total. The van der Waals surface area contributed by atoms with Crippen molar-refractivity contribution in [3.05, 3.63) is 69.0 Å². The first-order chi connectivity index (χ1) is 9.49. The minimum atomic E-state index is -0.0721. The Morgan fingerprint density at radius 3 is 2.60 bits per heavy atom. The number of pyridine rings is 1. The van der Waals surface area contributed by atoms with E-state index in [0.717, 1.165) is 11.1 Å². The predicted molar refractivity (Wildman–Crippen MR) is 83.5 cm³/mol. The molecule has 0 spiro atoms. The molecular weight excluding hydrogens is 293 g/mol. The van der Waals surface area contributed by atoms with Gasteiger partial charge in [0.1, 0.15) is 5.15 Å². The van der Waals surface area contributed by atoms with Crippen molar-refractivity contribution in [1.82, 2.24) is 4.98 Å². The van der Waals surface area contributed by atoms with Gasteiger partial charge >= 0.3 is 0 Å². The molecule has 0 N–H and O–H groups in total. The van der Waals surface area contributed by atoms with Crippen molar-refractivity contribution in [2.24, 2.45) is 0 Å². The minimum absolute atomic E-state index is 0.0721. The molecule has 0 aliphatic carbocycles. The molecule has 0 saturated heterocycles. The molecule has 0 saturated carbocycles. The van der Waals surface area contributed by atoms with Gasteiger partial charge in [0.25, 0.3) is 0 Å². The number of nitrogens with zero attached hydrogens (tertiary/aromatic N) is 1. The summed E-state index contributed by atoms with van der Waals surface area (Å²) in [6, 6.07) is 7.34. The van der Waals surface area contributed by atoms with E-state index < -0.39 is 0 Å². The lowest BCUT2D eigenvalue weighted by Crippen LogP contribution is -1.95. The average molecular weight is 306 g/mol. The highest BCUT2D eigenvalue weighted by molar-refractivity contribution is 6.42. The Morgan fingerprint density at radius 1 is 1.15 bits per heavy atom. The summed E-state index contributed by atoms with van der Waals surface area (Å²) in [5, 5.41) is 0.575. The second-order valence-electron chi connectivity index (χ2n) is 4.50. The van der Waals surface area contributed by atoms with E-state index in [2.05, 4.69) is 4.98 Å². The summed E-state index contributed by atoms with van der Waals surface area (Å²) in [6.45, 7) is 3.99. The van der Waals surface area contributed by atoms with E-state index in [4.69, 9.17) is 23.2 Å². The second kappa shape index (κ2) is 6.21. The maximum absolute atomic E-state index is 12.1. The lowest BCUT2D eigenvalue weighted by atomic mass is 10.0. The van der Waals surface area contributed by atoms with Crippen LogP contribution in [0.15, 0.2) is 36.5 Å². The second-order valence-corrected chi connectivity index (χ2v) is 5.24. The fourth-order valence-electron chi connectivity index (χ4n) is 1.72. The van der Waals surface area contributed by atoms with Gasteiger partial charge in [0.2, 0.25) is 0 Å². The lowest BCUT2D eigenvalue weighted by molar-refractivity contribution is 0.104. The van der Waals surface area contributed by atoms with Crippen molar-refractivity contribution in [2.45, 2.75) is 13.8 Å². The molecule has 102 valence electrons. The molecule has 2 aromatic rings. The Kier molecular flexibility index (Phi) is 4.58. The summed E-state index contributed by atoms with van der Waals surface area (Å²) >= 11 is 11.8. The van der Waals surface area contributed by atoms with Gasteiger partial charge in [-0.25, -0.2) is 4.98 Å². The zero-order chi connectivity index (χ0) is 14.7. The molecule has 0 fully saturated rings. The molecule has 20 heavy (non-hydrogen) atoms. The highest BCUT2D eigenvalue weighted by Gasteiger charge is 2.05. The Bertz CT molecular complexity index is 693. The Balaban J connectivity index is 2.24. The number of aryl methyl sites for hydroxylation is 2. The normalized spacial score (nSPS) is 11.0. The largest absolute Gasteiger partial charge is 0.289 e. The molecule has 1 heterocycles. The molecule has 2 rings (SSSR count). The molecule has 0 radical (unpaired) electrons. The van der Waals surface area contributed by atoms with Gasteiger partial charge in [-0.3, -0.25) is 4.79 Å². The van der Waals surface area contributed by atoms with Crippen LogP contribution in [0.5, 0.6) is 0 Å². The van der Waals surface area contributed by atoms with Crippen molar-refractivity contribution in [1.29, 1.82) is 0 Å². The predicted octanol–water partition coefficient (Wildman–Crippen LogP) is 4.90. The topological polar surface area (TPSA) is 30.0 Å². The van der Waals surface area contributed by atoms with Crippen LogP contribution in [0.4, 0.5) is 0 Å². The zero-order valence-electron chi connectivity index (χ0n) is 11.2. The van der Waals surface area contributed by atoms with Gasteiger partial charge in [-0.15, -0.1) is 0 Å². The molecule has 0 amide bonds. The monoisotopic (exact) mass is 305 g/mol. The zero-order valence-corrected chi connectivity index (χ0v) is 12.7. The van der Waals surface area contributed by atoms with Crippen molar-refractivity contribution in [3.63, 3.8) is 0 Å². The first kappa shape index (κ1) is 14.8. The van der Waals surface area contributed by atoms with Crippen LogP contribution in [0.25, 0.3) is 6.08 Å². The minimum Gasteiger partial charge on any atom is -0.289 e. The summed E-state index contributed by atoms with van der Waals surface area (Å²) in [7, 11) is 0. The molecule has 0 aliphatic rings. The van der Waals surface area contributed by atoms with E-state index in [0.29, 0.717) is 16.1 Å². The molecular formula is C16H13Cl2NO. The molecule has 0 aliphatic heterocycles. The number of hydrogen-bond donors (Lipinski definition) is 0. The van der Waals surface area contributed by atoms with Crippen molar-refractivity contribution in [3.8, 4) is 0 Å². The smallest absolute Gasteiger partial charge is 0.185 e. The number of hydrogen-bond acceptors (Lipinski definition) is 2. The molecule has 0 bridgehead atoms. The fourth-order valence-corrected chi connectivity index (χ4v) is 2.06. The molecule has 0 atom stereocenters. The number of rotatable bonds is 3. The summed E-state index contributed by atoms with van der Waals surface area (Å²) in [5.74, 6) is -0.0721. The van der Waals surface area contributed by atoms with E-state index in [1.165, 1.54) is 6.08 Å². The maximum Gasteiger partial charge on any atom is 0.185 e. The van der Waals surface area contributed by atoms with Gasteiger partial charge < -0.3 is 0 Å². The van der Waals surface area contributed by atoms with E-state index in [1.54, 1.807) is 18.3 Å². The van der Waals surface area contributed by atoms with Crippen molar-refractivity contribution < 1.29 is 4.79 Å². The number of halogens is 2. The van der Waals surface area contributed by atoms with Crippen LogP contribution in [0.1, 0.15) is 27.0 Å². The quantitative estimate of drug-likeness (QED) is 0.458. The number of ketones is 1. The van der Waals surface area contributed by atoms with Gasteiger partial charge in [-0.2, -0.15) is 0 Å². The number of allylic oxidation sites excluding steroid dienone is 1. The van der Waals surface area contributed by atoms with E-state index in [1.807, 2.05) is 32.0 Å². The highest BCUT2D eigenvalue weighted by atomic mass is 35.5. The molecule has 1 aromatic heterocycles. The van der Waals surface area contributed by atoms with Gasteiger partial charge in [0.05, 0.1) is 5.02 Å². The molecule has 1 aromatic carbocycles. The van der Waals surface area contributed by atoms with Crippen molar-refractivity contribution in [2.75, 3.05) is 0 Å². The van der Waals surface area contributed by atoms with Crippen LogP contribution in [-0.2, 0) is 0 Å². The maximum atomic E-state index is 12.1. The van der Waals surface area contributed by atoms with Gasteiger partial charge in [0.15, 0.2) is 5.78 Å². The van der Waals surface area contributed by atoms with E-state index in [-0.39, 0.29) is 10.9 Å². The summed E-state index contributed by atoms with van der Waals surface area (Å²) in [6.07, 6.45) is 4.68. The Labute approximate surface area is 128 Å². The van der Waals surface area contributed by atoms with Crippen LogP contribution in [0.3, 0.4) is 0 Å². The van der Waals surface area contributed by atoms with Gasteiger partial charge in [0, 0.05) is 11.8 Å². The Hall–Kier alpha value is -1.64. The third-order valence-corrected chi connectivity index (χ3v) is 3.86. The standard InChI is InChI=1S/C16H13Cl2NO/c1-10-3-4-13(9-11(10)2)14(20)6-5-12-7-8-19-16(18)15(12)17/h3-9H,1-2H3. The first-order valence-electron chi connectivity index (χ1n) is 6.08. The lowest BCUT2D eigenvalue weighted by Gasteiger charge is -2.02. The van der Waals surface area contributed by atoms with E-state index in [9.17, 15) is 4.79 Å². The average Bonchev–Trinajstić information content (AvgIpc) is 2.43. The number of aromatic nitrogens is 1. The number of carbonyl (C=O) groups is 1. The Morgan fingerprint density at radius 2 is 1.90 bits per heavy atom.